The Bertz CT molecular complexity index is 1020. The van der Waals surface area contributed by atoms with Crippen molar-refractivity contribution in [1.82, 2.24) is 0 Å². The fourth-order valence-corrected chi connectivity index (χ4v) is 3.45. The summed E-state index contributed by atoms with van der Waals surface area (Å²) in [6, 6.07) is 3.83. The van der Waals surface area contributed by atoms with Gasteiger partial charge >= 0.3 is 0 Å². The molecule has 0 radical (unpaired) electrons. The van der Waals surface area contributed by atoms with Crippen LogP contribution in [0.15, 0.2) is 34.1 Å². The van der Waals surface area contributed by atoms with Crippen LogP contribution in [0.4, 0.5) is 5.69 Å². The lowest BCUT2D eigenvalue weighted by Gasteiger charge is -2.12. The Labute approximate surface area is 131 Å². The van der Waals surface area contributed by atoms with Crippen LogP contribution in [0.3, 0.4) is 0 Å². The Balaban J connectivity index is 3.02. The molecule has 4 N–H and O–H groups in total. The van der Waals surface area contributed by atoms with Gasteiger partial charge in [-0.2, -0.15) is 16.8 Å². The van der Waals surface area contributed by atoms with Gasteiger partial charge in [0.1, 0.15) is 10.6 Å². The second-order valence-electron chi connectivity index (χ2n) is 4.61. The molecule has 9 nitrogen and oxygen atoms in total. The SMILES string of the molecule is CC(=O)Nc1ccc2c(O)cc(S(=O)(=O)O)cc2c1S(=O)(=O)O. The molecule has 0 fully saturated rings. The minimum absolute atomic E-state index is 0.0980. The first-order valence-corrected chi connectivity index (χ1v) is 8.81. The van der Waals surface area contributed by atoms with Crippen molar-refractivity contribution in [3.8, 4) is 5.75 Å². The molecule has 2 aromatic carbocycles. The molecule has 0 spiro atoms. The molecule has 0 aromatic heterocycles. The van der Waals surface area contributed by atoms with Crippen LogP contribution in [0.1, 0.15) is 6.92 Å². The molecule has 2 rings (SSSR count). The van der Waals surface area contributed by atoms with Gasteiger partial charge in [-0.05, 0) is 18.2 Å². The van der Waals surface area contributed by atoms with Crippen LogP contribution in [0.25, 0.3) is 10.8 Å². The number of phenols is 1. The average molecular weight is 361 g/mol. The van der Waals surface area contributed by atoms with E-state index in [4.69, 9.17) is 4.55 Å². The maximum Gasteiger partial charge on any atom is 0.297 e. The summed E-state index contributed by atoms with van der Waals surface area (Å²) in [5, 5.41) is 11.5. The number of fused-ring (bicyclic) bond motifs is 1. The summed E-state index contributed by atoms with van der Waals surface area (Å²) < 4.78 is 64.1. The summed E-state index contributed by atoms with van der Waals surface area (Å²) in [4.78, 5) is 9.58. The molecule has 0 aliphatic carbocycles. The van der Waals surface area contributed by atoms with Gasteiger partial charge in [-0.15, -0.1) is 0 Å². The van der Waals surface area contributed by atoms with Gasteiger partial charge in [-0.3, -0.25) is 13.9 Å². The maximum atomic E-state index is 11.6. The third-order valence-electron chi connectivity index (χ3n) is 2.90. The van der Waals surface area contributed by atoms with Crippen LogP contribution < -0.4 is 5.32 Å². The fourth-order valence-electron chi connectivity index (χ4n) is 2.08. The monoisotopic (exact) mass is 361 g/mol. The number of anilines is 1. The van der Waals surface area contributed by atoms with Crippen LogP contribution in [0, 0.1) is 0 Å². The molecule has 2 aromatic rings. The molecule has 0 unspecified atom stereocenters. The average Bonchev–Trinajstić information content (AvgIpc) is 2.34. The largest absolute Gasteiger partial charge is 0.507 e. The van der Waals surface area contributed by atoms with Gasteiger partial charge in [0, 0.05) is 23.8 Å². The van der Waals surface area contributed by atoms with Crippen molar-refractivity contribution >= 4 is 42.6 Å². The molecule has 11 heteroatoms. The molecule has 124 valence electrons. The number of amides is 1. The van der Waals surface area contributed by atoms with Gasteiger partial charge in [0.2, 0.25) is 5.91 Å². The number of hydrogen-bond donors (Lipinski definition) is 4. The summed E-state index contributed by atoms with van der Waals surface area (Å²) >= 11 is 0. The Morgan fingerprint density at radius 1 is 1.00 bits per heavy atom. The van der Waals surface area contributed by atoms with Gasteiger partial charge < -0.3 is 10.4 Å². The topological polar surface area (TPSA) is 158 Å². The Morgan fingerprint density at radius 3 is 2.09 bits per heavy atom. The molecule has 0 saturated heterocycles. The smallest absolute Gasteiger partial charge is 0.297 e. The number of benzene rings is 2. The van der Waals surface area contributed by atoms with Gasteiger partial charge in [0.25, 0.3) is 20.2 Å². The van der Waals surface area contributed by atoms with Crippen molar-refractivity contribution in [3.05, 3.63) is 24.3 Å². The molecular weight excluding hydrogens is 350 g/mol. The molecular formula is C12H11NO8S2. The van der Waals surface area contributed by atoms with E-state index < -0.39 is 41.7 Å². The van der Waals surface area contributed by atoms with E-state index >= 15 is 0 Å². The Hall–Kier alpha value is -2.21. The molecule has 0 aliphatic rings. The number of rotatable bonds is 3. The van der Waals surface area contributed by atoms with Crippen molar-refractivity contribution in [1.29, 1.82) is 0 Å². The summed E-state index contributed by atoms with van der Waals surface area (Å²) in [7, 11) is -9.63. The van der Waals surface area contributed by atoms with E-state index in [1.807, 2.05) is 0 Å². The second kappa shape index (κ2) is 5.45. The van der Waals surface area contributed by atoms with E-state index in [2.05, 4.69) is 5.32 Å². The van der Waals surface area contributed by atoms with E-state index in [0.29, 0.717) is 0 Å². The Kier molecular flexibility index (Phi) is 4.07. The van der Waals surface area contributed by atoms with Crippen molar-refractivity contribution < 1.29 is 35.8 Å². The predicted molar refractivity (Wildman–Crippen MR) is 79.5 cm³/mol. The number of carbonyl (C=O) groups excluding carboxylic acids is 1. The van der Waals surface area contributed by atoms with E-state index in [-0.39, 0.29) is 16.5 Å². The minimum Gasteiger partial charge on any atom is -0.507 e. The van der Waals surface area contributed by atoms with Crippen LogP contribution in [0.5, 0.6) is 5.75 Å². The third kappa shape index (κ3) is 3.42. The lowest BCUT2D eigenvalue weighted by molar-refractivity contribution is -0.114. The van der Waals surface area contributed by atoms with Crippen molar-refractivity contribution in [2.75, 3.05) is 5.32 Å². The third-order valence-corrected chi connectivity index (χ3v) is 4.69. The van der Waals surface area contributed by atoms with Crippen molar-refractivity contribution in [2.24, 2.45) is 0 Å². The van der Waals surface area contributed by atoms with Gasteiger partial charge in [-0.25, -0.2) is 0 Å². The van der Waals surface area contributed by atoms with E-state index in [1.165, 1.54) is 6.07 Å². The van der Waals surface area contributed by atoms with Crippen LogP contribution in [-0.2, 0) is 25.0 Å². The van der Waals surface area contributed by atoms with Gasteiger partial charge in [0.15, 0.2) is 0 Å². The van der Waals surface area contributed by atoms with Crippen molar-refractivity contribution in [3.63, 3.8) is 0 Å². The van der Waals surface area contributed by atoms with E-state index in [0.717, 1.165) is 25.1 Å². The number of carbonyl (C=O) groups is 1. The first-order chi connectivity index (χ1) is 10.4. The zero-order valence-electron chi connectivity index (χ0n) is 11.5. The van der Waals surface area contributed by atoms with E-state index in [1.54, 1.807) is 0 Å². The zero-order valence-corrected chi connectivity index (χ0v) is 13.1. The highest BCUT2D eigenvalue weighted by Gasteiger charge is 2.23. The van der Waals surface area contributed by atoms with Gasteiger partial charge in [-0.1, -0.05) is 0 Å². The molecule has 0 saturated carbocycles. The van der Waals surface area contributed by atoms with Crippen molar-refractivity contribution in [2.45, 2.75) is 16.7 Å². The van der Waals surface area contributed by atoms with Crippen LogP contribution in [0.2, 0.25) is 0 Å². The number of hydrogen-bond acceptors (Lipinski definition) is 6. The van der Waals surface area contributed by atoms with Crippen LogP contribution >= 0.6 is 0 Å². The Morgan fingerprint density at radius 2 is 1.61 bits per heavy atom. The number of nitrogens with one attached hydrogen (secondary N) is 1. The number of phenolic OH excluding ortho intramolecular Hbond substituents is 1. The summed E-state index contributed by atoms with van der Waals surface area (Å²) in [6.07, 6.45) is 0. The summed E-state index contributed by atoms with van der Waals surface area (Å²) in [6.45, 7) is 1.10. The van der Waals surface area contributed by atoms with Crippen LogP contribution in [-0.4, -0.2) is 37.0 Å². The second-order valence-corrected chi connectivity index (χ2v) is 7.39. The predicted octanol–water partition coefficient (Wildman–Crippen LogP) is 0.997. The molecule has 0 aliphatic heterocycles. The maximum absolute atomic E-state index is 11.6. The highest BCUT2D eigenvalue weighted by atomic mass is 32.2. The number of aromatic hydroxyl groups is 1. The highest BCUT2D eigenvalue weighted by Crippen LogP contribution is 2.36. The standard InChI is InChI=1S/C12H11NO8S2/c1-6(14)13-10-3-2-8-9(12(10)23(19,20)21)4-7(5-11(8)15)22(16,17)18/h2-5,15H,1H3,(H,13,14)(H,16,17,18)(H,19,20,21). The fraction of sp³-hybridized carbons (Fsp3) is 0.0833. The molecule has 0 atom stereocenters. The quantitative estimate of drug-likeness (QED) is 0.589. The summed E-state index contributed by atoms with van der Waals surface area (Å²) in [5.41, 5.74) is -0.306. The molecule has 0 bridgehead atoms. The highest BCUT2D eigenvalue weighted by molar-refractivity contribution is 7.86. The summed E-state index contributed by atoms with van der Waals surface area (Å²) in [5.74, 6) is -1.26. The zero-order chi connectivity index (χ0) is 17.6. The first kappa shape index (κ1) is 17.1. The van der Waals surface area contributed by atoms with Gasteiger partial charge in [0.05, 0.1) is 10.6 Å². The normalized spacial score (nSPS) is 12.3. The molecule has 23 heavy (non-hydrogen) atoms. The molecule has 0 heterocycles. The lowest BCUT2D eigenvalue weighted by atomic mass is 10.1. The lowest BCUT2D eigenvalue weighted by Crippen LogP contribution is -2.11. The molecule has 1 amide bonds. The first-order valence-electron chi connectivity index (χ1n) is 5.93. The minimum atomic E-state index is -4.89. The van der Waals surface area contributed by atoms with E-state index in [9.17, 15) is 31.3 Å².